The molecule has 1 fully saturated rings. The molecule has 0 radical (unpaired) electrons. The Morgan fingerprint density at radius 2 is 2.07 bits per heavy atom. The fourth-order valence-corrected chi connectivity index (χ4v) is 1.89. The molecule has 1 aliphatic rings. The SMILES string of the molecule is CC(C)C(CO)CNCCC1CCC1. The molecule has 14 heavy (non-hydrogen) atoms. The minimum atomic E-state index is 0.314. The van der Waals surface area contributed by atoms with Crippen molar-refractivity contribution in [1.82, 2.24) is 5.32 Å². The van der Waals surface area contributed by atoms with Gasteiger partial charge in [-0.2, -0.15) is 0 Å². The van der Waals surface area contributed by atoms with Gasteiger partial charge in [-0.25, -0.2) is 0 Å². The molecule has 0 aliphatic heterocycles. The molecule has 0 spiro atoms. The van der Waals surface area contributed by atoms with Crippen LogP contribution in [0.15, 0.2) is 0 Å². The summed E-state index contributed by atoms with van der Waals surface area (Å²) in [6.45, 7) is 6.77. The molecule has 0 aromatic heterocycles. The molecule has 0 aromatic carbocycles. The summed E-state index contributed by atoms with van der Waals surface area (Å²) in [4.78, 5) is 0. The number of rotatable bonds is 7. The van der Waals surface area contributed by atoms with Gasteiger partial charge < -0.3 is 10.4 Å². The summed E-state index contributed by atoms with van der Waals surface area (Å²) < 4.78 is 0. The molecular formula is C12H25NO. The predicted molar refractivity (Wildman–Crippen MR) is 60.2 cm³/mol. The Balaban J connectivity index is 1.95. The third-order valence-corrected chi connectivity index (χ3v) is 3.54. The number of hydrogen-bond donors (Lipinski definition) is 2. The van der Waals surface area contributed by atoms with Crippen molar-refractivity contribution in [3.8, 4) is 0 Å². The van der Waals surface area contributed by atoms with Crippen LogP contribution in [-0.2, 0) is 0 Å². The molecule has 1 saturated carbocycles. The lowest BCUT2D eigenvalue weighted by molar-refractivity contribution is 0.184. The maximum absolute atomic E-state index is 9.12. The highest BCUT2D eigenvalue weighted by molar-refractivity contribution is 4.71. The van der Waals surface area contributed by atoms with E-state index in [1.807, 2.05) is 0 Å². The van der Waals surface area contributed by atoms with Crippen LogP contribution in [0.4, 0.5) is 0 Å². The van der Waals surface area contributed by atoms with Crippen molar-refractivity contribution in [2.24, 2.45) is 17.8 Å². The van der Waals surface area contributed by atoms with Crippen molar-refractivity contribution in [2.45, 2.75) is 39.5 Å². The standard InChI is InChI=1S/C12H25NO/c1-10(2)12(9-14)8-13-7-6-11-4-3-5-11/h10-14H,3-9H2,1-2H3. The van der Waals surface area contributed by atoms with E-state index in [1.165, 1.54) is 25.7 Å². The topological polar surface area (TPSA) is 32.3 Å². The molecule has 1 aliphatic carbocycles. The quantitative estimate of drug-likeness (QED) is 0.615. The van der Waals surface area contributed by atoms with Gasteiger partial charge in [0.15, 0.2) is 0 Å². The van der Waals surface area contributed by atoms with E-state index in [9.17, 15) is 0 Å². The molecule has 2 nitrogen and oxygen atoms in total. The van der Waals surface area contributed by atoms with E-state index >= 15 is 0 Å². The zero-order chi connectivity index (χ0) is 10.4. The lowest BCUT2D eigenvalue weighted by atomic mass is 9.83. The van der Waals surface area contributed by atoms with Crippen molar-refractivity contribution in [3.63, 3.8) is 0 Å². The van der Waals surface area contributed by atoms with Crippen LogP contribution in [0, 0.1) is 17.8 Å². The molecule has 1 atom stereocenters. The van der Waals surface area contributed by atoms with Gasteiger partial charge in [0.2, 0.25) is 0 Å². The lowest BCUT2D eigenvalue weighted by Crippen LogP contribution is -2.30. The minimum absolute atomic E-state index is 0.314. The van der Waals surface area contributed by atoms with Gasteiger partial charge >= 0.3 is 0 Å². The smallest absolute Gasteiger partial charge is 0.0473 e. The molecule has 1 rings (SSSR count). The normalized spacial score (nSPS) is 19.7. The van der Waals surface area contributed by atoms with Gasteiger partial charge in [0.1, 0.15) is 0 Å². The molecule has 0 heterocycles. The summed E-state index contributed by atoms with van der Waals surface area (Å²) in [5.41, 5.74) is 0. The van der Waals surface area contributed by atoms with Crippen molar-refractivity contribution in [1.29, 1.82) is 0 Å². The van der Waals surface area contributed by atoms with Crippen molar-refractivity contribution in [3.05, 3.63) is 0 Å². The van der Waals surface area contributed by atoms with Crippen molar-refractivity contribution < 1.29 is 5.11 Å². The second-order valence-electron chi connectivity index (χ2n) is 4.98. The van der Waals surface area contributed by atoms with E-state index < -0.39 is 0 Å². The molecular weight excluding hydrogens is 174 g/mol. The van der Waals surface area contributed by atoms with Crippen LogP contribution in [0.25, 0.3) is 0 Å². The van der Waals surface area contributed by atoms with Gasteiger partial charge in [-0.3, -0.25) is 0 Å². The summed E-state index contributed by atoms with van der Waals surface area (Å²) in [6, 6.07) is 0. The van der Waals surface area contributed by atoms with Crippen molar-refractivity contribution in [2.75, 3.05) is 19.7 Å². The van der Waals surface area contributed by atoms with Crippen LogP contribution < -0.4 is 5.32 Å². The molecule has 0 amide bonds. The van der Waals surface area contributed by atoms with Crippen LogP contribution in [0.1, 0.15) is 39.5 Å². The van der Waals surface area contributed by atoms with Crippen LogP contribution in [0.3, 0.4) is 0 Å². The Hall–Kier alpha value is -0.0800. The highest BCUT2D eigenvalue weighted by atomic mass is 16.3. The second kappa shape index (κ2) is 6.41. The summed E-state index contributed by atoms with van der Waals surface area (Å²) in [7, 11) is 0. The average molecular weight is 199 g/mol. The predicted octanol–water partition coefficient (Wildman–Crippen LogP) is 2.03. The first-order valence-corrected chi connectivity index (χ1v) is 6.05. The Kier molecular flexibility index (Phi) is 5.49. The monoisotopic (exact) mass is 199 g/mol. The average Bonchev–Trinajstić information content (AvgIpc) is 2.07. The maximum atomic E-state index is 9.12. The molecule has 2 heteroatoms. The van der Waals surface area contributed by atoms with Gasteiger partial charge in [0.05, 0.1) is 0 Å². The van der Waals surface area contributed by atoms with Gasteiger partial charge in [0.25, 0.3) is 0 Å². The lowest BCUT2D eigenvalue weighted by Gasteiger charge is -2.26. The third kappa shape index (κ3) is 3.97. The molecule has 0 saturated heterocycles. The van der Waals surface area contributed by atoms with Crippen LogP contribution in [-0.4, -0.2) is 24.8 Å². The number of aliphatic hydroxyl groups is 1. The van der Waals surface area contributed by atoms with E-state index in [1.54, 1.807) is 0 Å². The van der Waals surface area contributed by atoms with Gasteiger partial charge in [-0.05, 0) is 30.7 Å². The number of hydrogen-bond acceptors (Lipinski definition) is 2. The van der Waals surface area contributed by atoms with E-state index in [0.29, 0.717) is 18.4 Å². The molecule has 1 unspecified atom stereocenters. The largest absolute Gasteiger partial charge is 0.396 e. The summed E-state index contributed by atoms with van der Waals surface area (Å²) in [5, 5.41) is 12.6. The Morgan fingerprint density at radius 3 is 2.50 bits per heavy atom. The van der Waals surface area contributed by atoms with E-state index in [2.05, 4.69) is 19.2 Å². The molecule has 84 valence electrons. The molecule has 0 aromatic rings. The first-order valence-electron chi connectivity index (χ1n) is 6.05. The Bertz CT molecular complexity index is 143. The third-order valence-electron chi connectivity index (χ3n) is 3.54. The summed E-state index contributed by atoms with van der Waals surface area (Å²) >= 11 is 0. The van der Waals surface area contributed by atoms with E-state index in [-0.39, 0.29) is 0 Å². The summed E-state index contributed by atoms with van der Waals surface area (Å²) in [5.74, 6) is 2.00. The van der Waals surface area contributed by atoms with Crippen LogP contribution in [0.2, 0.25) is 0 Å². The first kappa shape index (κ1) is 12.0. The summed E-state index contributed by atoms with van der Waals surface area (Å²) in [6.07, 6.45) is 5.65. The number of nitrogens with one attached hydrogen (secondary N) is 1. The highest BCUT2D eigenvalue weighted by Gasteiger charge is 2.17. The van der Waals surface area contributed by atoms with Crippen molar-refractivity contribution >= 4 is 0 Å². The fraction of sp³-hybridized carbons (Fsp3) is 1.00. The van der Waals surface area contributed by atoms with Gasteiger partial charge in [-0.15, -0.1) is 0 Å². The van der Waals surface area contributed by atoms with Crippen LogP contribution >= 0.6 is 0 Å². The minimum Gasteiger partial charge on any atom is -0.396 e. The molecule has 0 bridgehead atoms. The second-order valence-corrected chi connectivity index (χ2v) is 4.98. The Labute approximate surface area is 88.1 Å². The zero-order valence-corrected chi connectivity index (χ0v) is 9.63. The van der Waals surface area contributed by atoms with Gasteiger partial charge in [0, 0.05) is 13.2 Å². The zero-order valence-electron chi connectivity index (χ0n) is 9.63. The number of aliphatic hydroxyl groups excluding tert-OH is 1. The first-order chi connectivity index (χ1) is 6.74. The highest BCUT2D eigenvalue weighted by Crippen LogP contribution is 2.28. The van der Waals surface area contributed by atoms with E-state index in [0.717, 1.165) is 19.0 Å². The maximum Gasteiger partial charge on any atom is 0.0473 e. The van der Waals surface area contributed by atoms with E-state index in [4.69, 9.17) is 5.11 Å². The fourth-order valence-electron chi connectivity index (χ4n) is 1.89. The molecule has 2 N–H and O–H groups in total. The van der Waals surface area contributed by atoms with Crippen LogP contribution in [0.5, 0.6) is 0 Å². The van der Waals surface area contributed by atoms with Gasteiger partial charge in [-0.1, -0.05) is 33.1 Å². The Morgan fingerprint density at radius 1 is 1.36 bits per heavy atom.